The van der Waals surface area contributed by atoms with Crippen LogP contribution in [0.4, 0.5) is 5.13 Å². The molecule has 4 rings (SSSR count). The maximum absolute atomic E-state index is 12.3. The number of para-hydroxylation sites is 2. The largest absolute Gasteiger partial charge is 0.296 e. The van der Waals surface area contributed by atoms with Crippen molar-refractivity contribution in [1.29, 1.82) is 0 Å². The molecule has 112 valence electrons. The van der Waals surface area contributed by atoms with Crippen molar-refractivity contribution in [2.45, 2.75) is 0 Å². The minimum atomic E-state index is -0.339. The summed E-state index contributed by atoms with van der Waals surface area (Å²) in [5, 5.41) is 3.90. The number of nitrogens with zero attached hydrogens (tertiary/aromatic N) is 3. The second-order valence-corrected chi connectivity index (χ2v) is 6.30. The van der Waals surface area contributed by atoms with Gasteiger partial charge in [0.05, 0.1) is 27.4 Å². The van der Waals surface area contributed by atoms with Crippen LogP contribution in [0, 0.1) is 0 Å². The predicted octanol–water partition coefficient (Wildman–Crippen LogP) is 4.15. The minimum absolute atomic E-state index is 0.251. The van der Waals surface area contributed by atoms with Crippen molar-refractivity contribution >= 4 is 55.2 Å². The monoisotopic (exact) mass is 340 g/mol. The molecular formula is C16H9ClN4OS. The fraction of sp³-hybridized carbons (Fsp3) is 0. The zero-order valence-corrected chi connectivity index (χ0v) is 13.2. The second kappa shape index (κ2) is 5.57. The molecule has 1 amide bonds. The Balaban J connectivity index is 1.64. The van der Waals surface area contributed by atoms with Gasteiger partial charge in [-0.15, -0.1) is 0 Å². The average molecular weight is 341 g/mol. The van der Waals surface area contributed by atoms with E-state index in [1.807, 2.05) is 36.4 Å². The molecule has 0 unspecified atom stereocenters. The zero-order valence-electron chi connectivity index (χ0n) is 11.7. The highest BCUT2D eigenvalue weighted by Gasteiger charge is 2.12. The lowest BCUT2D eigenvalue weighted by atomic mass is 10.3. The van der Waals surface area contributed by atoms with Crippen molar-refractivity contribution in [3.05, 3.63) is 59.4 Å². The molecule has 0 radical (unpaired) electrons. The number of fused-ring (bicyclic) bond motifs is 2. The molecule has 0 saturated carbocycles. The number of thiazole rings is 1. The summed E-state index contributed by atoms with van der Waals surface area (Å²) >= 11 is 7.32. The van der Waals surface area contributed by atoms with Gasteiger partial charge in [-0.05, 0) is 30.3 Å². The summed E-state index contributed by atoms with van der Waals surface area (Å²) < 4.78 is 0.914. The Hall–Kier alpha value is -2.57. The van der Waals surface area contributed by atoms with Crippen LogP contribution in [0.1, 0.15) is 10.5 Å². The smallest absolute Gasteiger partial charge is 0.277 e. The van der Waals surface area contributed by atoms with Crippen molar-refractivity contribution in [3.63, 3.8) is 0 Å². The summed E-state index contributed by atoms with van der Waals surface area (Å²) in [7, 11) is 0. The van der Waals surface area contributed by atoms with Gasteiger partial charge < -0.3 is 0 Å². The molecule has 0 atom stereocenters. The Kier molecular flexibility index (Phi) is 3.40. The van der Waals surface area contributed by atoms with E-state index in [1.54, 1.807) is 6.07 Å². The van der Waals surface area contributed by atoms with E-state index in [4.69, 9.17) is 11.6 Å². The van der Waals surface area contributed by atoms with Gasteiger partial charge in [-0.3, -0.25) is 15.1 Å². The molecule has 0 aliphatic carbocycles. The first-order chi connectivity index (χ1) is 11.2. The Morgan fingerprint density at radius 1 is 1.04 bits per heavy atom. The van der Waals surface area contributed by atoms with Crippen molar-refractivity contribution in [2.75, 3.05) is 5.32 Å². The number of benzene rings is 2. The van der Waals surface area contributed by atoms with Gasteiger partial charge in [0, 0.05) is 5.02 Å². The second-order valence-electron chi connectivity index (χ2n) is 4.83. The highest BCUT2D eigenvalue weighted by atomic mass is 35.5. The number of carbonyl (C=O) groups excluding carboxylic acids is 1. The van der Waals surface area contributed by atoms with Crippen LogP contribution in [-0.2, 0) is 0 Å². The number of hydrogen-bond donors (Lipinski definition) is 1. The number of anilines is 1. The molecule has 23 heavy (non-hydrogen) atoms. The van der Waals surface area contributed by atoms with Gasteiger partial charge in [-0.2, -0.15) is 0 Å². The third kappa shape index (κ3) is 2.74. The van der Waals surface area contributed by atoms with Gasteiger partial charge in [0.25, 0.3) is 5.91 Å². The molecular weight excluding hydrogens is 332 g/mol. The molecule has 7 heteroatoms. The van der Waals surface area contributed by atoms with Crippen molar-refractivity contribution in [3.8, 4) is 0 Å². The van der Waals surface area contributed by atoms with Gasteiger partial charge in [-0.25, -0.2) is 9.97 Å². The third-order valence-corrected chi connectivity index (χ3v) is 4.42. The normalized spacial score (nSPS) is 11.0. The van der Waals surface area contributed by atoms with E-state index in [9.17, 15) is 4.79 Å². The molecule has 0 aliphatic heterocycles. The molecule has 0 spiro atoms. The fourth-order valence-electron chi connectivity index (χ4n) is 2.18. The number of amides is 1. The molecule has 0 bridgehead atoms. The van der Waals surface area contributed by atoms with Crippen molar-refractivity contribution in [1.82, 2.24) is 15.0 Å². The van der Waals surface area contributed by atoms with Crippen LogP contribution in [0.5, 0.6) is 0 Å². The van der Waals surface area contributed by atoms with Crippen LogP contribution < -0.4 is 5.32 Å². The minimum Gasteiger partial charge on any atom is -0.296 e. The molecule has 4 aromatic rings. The summed E-state index contributed by atoms with van der Waals surface area (Å²) in [6.07, 6.45) is 1.46. The number of carbonyl (C=O) groups is 1. The van der Waals surface area contributed by atoms with E-state index < -0.39 is 0 Å². The standard InChI is InChI=1S/C16H9ClN4OS/c17-9-5-6-12-14(7-9)23-16(20-12)21-15(22)13-8-18-10-3-1-2-4-11(10)19-13/h1-8H,(H,20,21,22). The number of halogens is 1. The molecule has 0 fully saturated rings. The fourth-order valence-corrected chi connectivity index (χ4v) is 3.32. The Bertz CT molecular complexity index is 1050. The molecule has 1 N–H and O–H groups in total. The van der Waals surface area contributed by atoms with E-state index in [2.05, 4.69) is 20.3 Å². The predicted molar refractivity (Wildman–Crippen MR) is 92.1 cm³/mol. The van der Waals surface area contributed by atoms with Crippen LogP contribution in [0.15, 0.2) is 48.7 Å². The Labute approximate surface area is 140 Å². The number of nitrogens with one attached hydrogen (secondary N) is 1. The number of hydrogen-bond acceptors (Lipinski definition) is 5. The first-order valence-corrected chi connectivity index (χ1v) is 7.98. The van der Waals surface area contributed by atoms with Crippen LogP contribution in [-0.4, -0.2) is 20.9 Å². The van der Waals surface area contributed by atoms with Crippen LogP contribution in [0.25, 0.3) is 21.3 Å². The Morgan fingerprint density at radius 2 is 1.87 bits per heavy atom. The number of rotatable bonds is 2. The van der Waals surface area contributed by atoms with E-state index in [-0.39, 0.29) is 11.6 Å². The quantitative estimate of drug-likeness (QED) is 0.595. The molecule has 2 heterocycles. The lowest BCUT2D eigenvalue weighted by Gasteiger charge is -2.02. The summed E-state index contributed by atoms with van der Waals surface area (Å²) in [5.74, 6) is -0.339. The van der Waals surface area contributed by atoms with E-state index in [1.165, 1.54) is 17.5 Å². The first-order valence-electron chi connectivity index (χ1n) is 6.78. The van der Waals surface area contributed by atoms with Gasteiger partial charge in [-0.1, -0.05) is 35.1 Å². The zero-order chi connectivity index (χ0) is 15.8. The summed E-state index contributed by atoms with van der Waals surface area (Å²) in [6.45, 7) is 0. The van der Waals surface area contributed by atoms with Gasteiger partial charge in [0.2, 0.25) is 0 Å². The topological polar surface area (TPSA) is 67.8 Å². The van der Waals surface area contributed by atoms with E-state index in [0.717, 1.165) is 15.7 Å². The molecule has 0 aliphatic rings. The highest BCUT2D eigenvalue weighted by molar-refractivity contribution is 7.22. The molecule has 2 aromatic heterocycles. The Morgan fingerprint density at radius 3 is 2.74 bits per heavy atom. The highest BCUT2D eigenvalue weighted by Crippen LogP contribution is 2.28. The van der Waals surface area contributed by atoms with Crippen LogP contribution in [0.3, 0.4) is 0 Å². The SMILES string of the molecule is O=C(Nc1nc2ccc(Cl)cc2s1)c1cnc2ccccc2n1. The lowest BCUT2D eigenvalue weighted by molar-refractivity contribution is 0.102. The molecule has 5 nitrogen and oxygen atoms in total. The average Bonchev–Trinajstić information content (AvgIpc) is 2.95. The van der Waals surface area contributed by atoms with Gasteiger partial charge in [0.1, 0.15) is 5.69 Å². The first kappa shape index (κ1) is 14.0. The van der Waals surface area contributed by atoms with E-state index >= 15 is 0 Å². The number of aromatic nitrogens is 3. The van der Waals surface area contributed by atoms with Crippen LogP contribution in [0.2, 0.25) is 5.02 Å². The van der Waals surface area contributed by atoms with Crippen molar-refractivity contribution in [2.24, 2.45) is 0 Å². The summed E-state index contributed by atoms with van der Waals surface area (Å²) in [6, 6.07) is 12.8. The van der Waals surface area contributed by atoms with Crippen molar-refractivity contribution < 1.29 is 4.79 Å². The van der Waals surface area contributed by atoms with E-state index in [0.29, 0.717) is 15.7 Å². The maximum Gasteiger partial charge on any atom is 0.277 e. The summed E-state index contributed by atoms with van der Waals surface area (Å²) in [5.41, 5.74) is 2.47. The van der Waals surface area contributed by atoms with Gasteiger partial charge in [0.15, 0.2) is 5.13 Å². The van der Waals surface area contributed by atoms with Crippen LogP contribution >= 0.6 is 22.9 Å². The maximum atomic E-state index is 12.3. The molecule has 2 aromatic carbocycles. The molecule has 0 saturated heterocycles. The third-order valence-electron chi connectivity index (χ3n) is 3.25. The summed E-state index contributed by atoms with van der Waals surface area (Å²) in [4.78, 5) is 25.3. The lowest BCUT2D eigenvalue weighted by Crippen LogP contribution is -2.13. The van der Waals surface area contributed by atoms with Gasteiger partial charge >= 0.3 is 0 Å².